The van der Waals surface area contributed by atoms with E-state index in [9.17, 15) is 9.18 Å². The van der Waals surface area contributed by atoms with Crippen LogP contribution in [0.25, 0.3) is 5.82 Å². The zero-order valence-corrected chi connectivity index (χ0v) is 21.1. The van der Waals surface area contributed by atoms with Gasteiger partial charge in [0.15, 0.2) is 5.69 Å². The number of amides is 1. The molecule has 2 aromatic heterocycles. The molecule has 1 amide bonds. The van der Waals surface area contributed by atoms with Gasteiger partial charge in [0.1, 0.15) is 23.9 Å². The van der Waals surface area contributed by atoms with Crippen molar-refractivity contribution in [2.75, 3.05) is 32.0 Å². The molecule has 1 fully saturated rings. The molecule has 202 valence electrons. The van der Waals surface area contributed by atoms with Crippen molar-refractivity contribution in [3.05, 3.63) is 76.9 Å². The number of nitrogens with one attached hydrogen (secondary N) is 1. The Morgan fingerprint density at radius 2 is 1.87 bits per heavy atom. The number of morpholine rings is 1. The first-order valence-electron chi connectivity index (χ1n) is 12.1. The number of anilines is 1. The summed E-state index contributed by atoms with van der Waals surface area (Å²) in [7, 11) is 0. The van der Waals surface area contributed by atoms with E-state index in [4.69, 9.17) is 15.2 Å². The molecule has 3 N–H and O–H groups in total. The number of carbonyl (C=O) groups excluding carboxylic acids is 1. The largest absolute Gasteiger partial charge is 0.489 e. The van der Waals surface area contributed by atoms with E-state index in [-0.39, 0.29) is 23.1 Å². The number of nitrogens with two attached hydrogens (primary N) is 1. The topological polar surface area (TPSA) is 159 Å². The van der Waals surface area contributed by atoms with Gasteiger partial charge in [-0.15, -0.1) is 5.10 Å². The zero-order valence-electron chi connectivity index (χ0n) is 21.1. The van der Waals surface area contributed by atoms with Gasteiger partial charge < -0.3 is 15.2 Å². The zero-order chi connectivity index (χ0) is 27.2. The highest BCUT2D eigenvalue weighted by Crippen LogP contribution is 2.18. The summed E-state index contributed by atoms with van der Waals surface area (Å²) in [5, 5.41) is 19.8. The van der Waals surface area contributed by atoms with Crippen molar-refractivity contribution in [1.29, 1.82) is 0 Å². The molecule has 1 aliphatic rings. The maximum Gasteiger partial charge on any atom is 0.292 e. The molecule has 39 heavy (non-hydrogen) atoms. The predicted molar refractivity (Wildman–Crippen MR) is 137 cm³/mol. The van der Waals surface area contributed by atoms with E-state index in [0.29, 0.717) is 56.6 Å². The first-order chi connectivity index (χ1) is 19.0. The van der Waals surface area contributed by atoms with Crippen LogP contribution in [0, 0.1) is 5.82 Å². The van der Waals surface area contributed by atoms with Gasteiger partial charge in [0.2, 0.25) is 11.6 Å². The summed E-state index contributed by atoms with van der Waals surface area (Å²) in [6.07, 6.45) is 0. The number of rotatable bonds is 9. The van der Waals surface area contributed by atoms with E-state index in [1.54, 1.807) is 31.2 Å². The number of hydrogen-bond acceptors (Lipinski definition) is 11. The number of nitrogens with zero attached hydrogens (tertiary/aromatic N) is 7. The highest BCUT2D eigenvalue weighted by Gasteiger charge is 2.26. The van der Waals surface area contributed by atoms with Crippen LogP contribution in [-0.2, 0) is 17.9 Å². The third kappa shape index (κ3) is 6.25. The van der Waals surface area contributed by atoms with Crippen LogP contribution in [-0.4, -0.2) is 68.1 Å². The molecule has 0 bridgehead atoms. The number of hydrazone groups is 1. The Balaban J connectivity index is 1.28. The van der Waals surface area contributed by atoms with Crippen LogP contribution in [0.1, 0.15) is 34.2 Å². The molecule has 3 heterocycles. The molecular weight excluding hydrogens is 509 g/mol. The lowest BCUT2D eigenvalue weighted by atomic mass is 10.1. The standard InChI is InChI=1S/C25H26FN9O4/c1-16(18-4-8-20(9-5-18)38-15-17-2-6-19(26)7-3-17)28-30-25(36)22-21(14-34-10-12-37-13-11-34)29-33-35(22)24-23(27)31-39-32-24/h2-9H,10-15H2,1H3,(H2,27,31)(H,30,36). The van der Waals surface area contributed by atoms with Crippen molar-refractivity contribution >= 4 is 17.4 Å². The van der Waals surface area contributed by atoms with Crippen molar-refractivity contribution in [1.82, 2.24) is 35.6 Å². The Labute approximate surface area is 222 Å². The Morgan fingerprint density at radius 3 is 2.56 bits per heavy atom. The van der Waals surface area contributed by atoms with E-state index < -0.39 is 5.91 Å². The Bertz CT molecular complexity index is 1450. The number of carbonyl (C=O) groups is 1. The van der Waals surface area contributed by atoms with Crippen LogP contribution >= 0.6 is 0 Å². The second kappa shape index (κ2) is 11.8. The number of benzene rings is 2. The van der Waals surface area contributed by atoms with E-state index in [2.05, 4.69) is 40.7 Å². The first-order valence-corrected chi connectivity index (χ1v) is 12.1. The number of hydrogen-bond donors (Lipinski definition) is 2. The van der Waals surface area contributed by atoms with Crippen molar-refractivity contribution in [3.63, 3.8) is 0 Å². The molecule has 1 aliphatic heterocycles. The summed E-state index contributed by atoms with van der Waals surface area (Å²) in [4.78, 5) is 15.4. The minimum Gasteiger partial charge on any atom is -0.489 e. The predicted octanol–water partition coefficient (Wildman–Crippen LogP) is 1.94. The van der Waals surface area contributed by atoms with Gasteiger partial charge in [-0.05, 0) is 64.8 Å². The molecule has 1 saturated heterocycles. The van der Waals surface area contributed by atoms with E-state index in [1.165, 1.54) is 16.8 Å². The number of nitrogen functional groups attached to an aromatic ring is 1. The second-order valence-electron chi connectivity index (χ2n) is 8.74. The van der Waals surface area contributed by atoms with Gasteiger partial charge in [-0.2, -0.15) is 9.78 Å². The lowest BCUT2D eigenvalue weighted by Gasteiger charge is -2.25. The van der Waals surface area contributed by atoms with Crippen molar-refractivity contribution in [2.45, 2.75) is 20.1 Å². The van der Waals surface area contributed by atoms with Gasteiger partial charge in [0.25, 0.3) is 5.91 Å². The minimum absolute atomic E-state index is 0.0340. The smallest absolute Gasteiger partial charge is 0.292 e. The molecule has 4 aromatic rings. The number of halogens is 1. The molecule has 0 radical (unpaired) electrons. The molecule has 13 nitrogen and oxygen atoms in total. The molecular formula is C25H26FN9O4. The average Bonchev–Trinajstić information content (AvgIpc) is 3.57. The molecule has 2 aromatic carbocycles. The van der Waals surface area contributed by atoms with Crippen LogP contribution in [0.15, 0.2) is 58.3 Å². The summed E-state index contributed by atoms with van der Waals surface area (Å²) in [6.45, 7) is 5.02. The van der Waals surface area contributed by atoms with E-state index >= 15 is 0 Å². The van der Waals surface area contributed by atoms with Gasteiger partial charge in [-0.1, -0.05) is 17.3 Å². The summed E-state index contributed by atoms with van der Waals surface area (Å²) < 4.78 is 30.1. The van der Waals surface area contributed by atoms with Gasteiger partial charge in [0, 0.05) is 19.6 Å². The SMILES string of the molecule is CC(=NNC(=O)c1c(CN2CCOCC2)nnn1-c1nonc1N)c1ccc(OCc2ccc(F)cc2)cc1. The molecule has 5 rings (SSSR count). The van der Waals surface area contributed by atoms with Gasteiger partial charge >= 0.3 is 0 Å². The maximum absolute atomic E-state index is 13.3. The summed E-state index contributed by atoms with van der Waals surface area (Å²) >= 11 is 0. The lowest BCUT2D eigenvalue weighted by molar-refractivity contribution is 0.0335. The van der Waals surface area contributed by atoms with Gasteiger partial charge in [0.05, 0.1) is 18.9 Å². The van der Waals surface area contributed by atoms with Crippen molar-refractivity contribution < 1.29 is 23.3 Å². The van der Waals surface area contributed by atoms with Crippen LogP contribution in [0.2, 0.25) is 0 Å². The van der Waals surface area contributed by atoms with Crippen LogP contribution in [0.4, 0.5) is 10.2 Å². The molecule has 0 aliphatic carbocycles. The van der Waals surface area contributed by atoms with Crippen molar-refractivity contribution in [3.8, 4) is 11.6 Å². The normalized spacial score (nSPS) is 14.4. The Kier molecular flexibility index (Phi) is 7.84. The molecule has 0 atom stereocenters. The van der Waals surface area contributed by atoms with E-state index in [0.717, 1.165) is 11.1 Å². The minimum atomic E-state index is -0.552. The quantitative estimate of drug-likeness (QED) is 0.240. The average molecular weight is 536 g/mol. The lowest BCUT2D eigenvalue weighted by Crippen LogP contribution is -2.36. The summed E-state index contributed by atoms with van der Waals surface area (Å²) in [5.74, 6) is -0.185. The fourth-order valence-corrected chi connectivity index (χ4v) is 3.90. The Morgan fingerprint density at radius 1 is 1.13 bits per heavy atom. The van der Waals surface area contributed by atoms with Crippen LogP contribution in [0.3, 0.4) is 0 Å². The van der Waals surface area contributed by atoms with Gasteiger partial charge in [-0.3, -0.25) is 9.69 Å². The van der Waals surface area contributed by atoms with Crippen LogP contribution < -0.4 is 15.9 Å². The third-order valence-electron chi connectivity index (χ3n) is 6.04. The number of aromatic nitrogens is 5. The summed E-state index contributed by atoms with van der Waals surface area (Å²) in [5.41, 5.74) is 11.1. The maximum atomic E-state index is 13.3. The van der Waals surface area contributed by atoms with Gasteiger partial charge in [-0.25, -0.2) is 14.4 Å². The first kappa shape index (κ1) is 25.9. The molecule has 14 heteroatoms. The molecule has 0 unspecified atom stereocenters. The Hall–Kier alpha value is -4.69. The highest BCUT2D eigenvalue weighted by atomic mass is 19.1. The summed E-state index contributed by atoms with van der Waals surface area (Å²) in [6, 6.07) is 13.4. The van der Waals surface area contributed by atoms with Crippen molar-refractivity contribution in [2.24, 2.45) is 5.10 Å². The fraction of sp³-hybridized carbons (Fsp3) is 0.280. The molecule has 0 saturated carbocycles. The van der Waals surface area contributed by atoms with E-state index in [1.807, 2.05) is 12.1 Å². The number of ether oxygens (including phenoxy) is 2. The monoisotopic (exact) mass is 535 g/mol. The third-order valence-corrected chi connectivity index (χ3v) is 6.04. The highest BCUT2D eigenvalue weighted by molar-refractivity contribution is 6.00. The second-order valence-corrected chi connectivity index (χ2v) is 8.74. The molecule has 0 spiro atoms. The van der Waals surface area contributed by atoms with Crippen LogP contribution in [0.5, 0.6) is 5.75 Å². The fourth-order valence-electron chi connectivity index (χ4n) is 3.90.